The molecule has 4 nitrogen and oxygen atoms in total. The molecule has 1 unspecified atom stereocenters. The molecule has 4 heteroatoms. The van der Waals surface area contributed by atoms with Crippen molar-refractivity contribution in [2.45, 2.75) is 51.2 Å². The van der Waals surface area contributed by atoms with Crippen LogP contribution in [0.5, 0.6) is 0 Å². The molecule has 1 fully saturated rings. The first-order valence-corrected chi connectivity index (χ1v) is 6.53. The molecular weight excluding hydrogens is 216 g/mol. The molecular formula is C13H26N2O2. The summed E-state index contributed by atoms with van der Waals surface area (Å²) in [5.74, 6) is 5.71. The van der Waals surface area contributed by atoms with Crippen molar-refractivity contribution < 1.29 is 9.47 Å². The van der Waals surface area contributed by atoms with Gasteiger partial charge in [-0.1, -0.05) is 19.1 Å². The van der Waals surface area contributed by atoms with Crippen LogP contribution in [-0.4, -0.2) is 31.5 Å². The van der Waals surface area contributed by atoms with E-state index in [0.717, 1.165) is 38.9 Å². The van der Waals surface area contributed by atoms with Gasteiger partial charge in [0, 0.05) is 32.7 Å². The molecule has 0 amide bonds. The number of nitrogens with two attached hydrogens (primary N) is 1. The predicted octanol–water partition coefficient (Wildman–Crippen LogP) is 1.76. The number of hydrogen-bond donors (Lipinski definition) is 2. The number of hydrazine groups is 1. The summed E-state index contributed by atoms with van der Waals surface area (Å²) in [6.45, 7) is 10.4. The maximum absolute atomic E-state index is 6.01. The average molecular weight is 242 g/mol. The summed E-state index contributed by atoms with van der Waals surface area (Å²) < 4.78 is 11.4. The molecule has 0 spiro atoms. The molecule has 1 aliphatic rings. The number of hydrogen-bond acceptors (Lipinski definition) is 4. The topological polar surface area (TPSA) is 56.5 Å². The quantitative estimate of drug-likeness (QED) is 0.406. The Bertz CT molecular complexity index is 232. The van der Waals surface area contributed by atoms with Crippen LogP contribution in [-0.2, 0) is 9.47 Å². The van der Waals surface area contributed by atoms with Gasteiger partial charge in [-0.05, 0) is 19.8 Å². The zero-order chi connectivity index (χ0) is 12.7. The maximum Gasteiger partial charge on any atom is 0.0894 e. The van der Waals surface area contributed by atoms with Crippen LogP contribution in [0.1, 0.15) is 39.5 Å². The first-order valence-electron chi connectivity index (χ1n) is 6.53. The second kappa shape index (κ2) is 7.11. The summed E-state index contributed by atoms with van der Waals surface area (Å²) in [6, 6.07) is 0.124. The molecule has 0 aromatic rings. The van der Waals surface area contributed by atoms with Crippen LogP contribution >= 0.6 is 0 Å². The fourth-order valence-electron chi connectivity index (χ4n) is 2.43. The third-order valence-corrected chi connectivity index (χ3v) is 3.60. The van der Waals surface area contributed by atoms with Crippen LogP contribution < -0.4 is 11.3 Å². The van der Waals surface area contributed by atoms with Crippen LogP contribution in [0, 0.1) is 0 Å². The molecule has 17 heavy (non-hydrogen) atoms. The Morgan fingerprint density at radius 1 is 1.47 bits per heavy atom. The van der Waals surface area contributed by atoms with Crippen LogP contribution in [0.3, 0.4) is 0 Å². The van der Waals surface area contributed by atoms with Crippen molar-refractivity contribution in [2.75, 3.05) is 19.8 Å². The van der Waals surface area contributed by atoms with E-state index in [0.29, 0.717) is 6.61 Å². The lowest BCUT2D eigenvalue weighted by Crippen LogP contribution is -2.57. The van der Waals surface area contributed by atoms with Crippen molar-refractivity contribution in [3.05, 3.63) is 12.2 Å². The van der Waals surface area contributed by atoms with Gasteiger partial charge in [0.15, 0.2) is 0 Å². The summed E-state index contributed by atoms with van der Waals surface area (Å²) in [4.78, 5) is 0. The molecule has 0 aromatic carbocycles. The van der Waals surface area contributed by atoms with Gasteiger partial charge in [-0.2, -0.15) is 0 Å². The highest BCUT2D eigenvalue weighted by molar-refractivity contribution is 5.04. The second-order valence-electron chi connectivity index (χ2n) is 4.64. The van der Waals surface area contributed by atoms with Crippen molar-refractivity contribution in [1.29, 1.82) is 0 Å². The summed E-state index contributed by atoms with van der Waals surface area (Å²) in [5, 5.41) is 0. The molecule has 1 heterocycles. The smallest absolute Gasteiger partial charge is 0.0894 e. The van der Waals surface area contributed by atoms with Gasteiger partial charge in [0.25, 0.3) is 0 Å². The Morgan fingerprint density at radius 2 is 2.12 bits per heavy atom. The van der Waals surface area contributed by atoms with Gasteiger partial charge in [-0.3, -0.25) is 11.3 Å². The van der Waals surface area contributed by atoms with Gasteiger partial charge in [-0.15, -0.1) is 0 Å². The SMILES string of the molecule is C=C(CC)CC(NN)C1(OCC)CCOCC1. The van der Waals surface area contributed by atoms with Crippen molar-refractivity contribution in [2.24, 2.45) is 5.84 Å². The minimum atomic E-state index is -0.195. The lowest BCUT2D eigenvalue weighted by atomic mass is 9.82. The van der Waals surface area contributed by atoms with Crippen molar-refractivity contribution in [1.82, 2.24) is 5.43 Å². The highest BCUT2D eigenvalue weighted by Gasteiger charge is 2.40. The standard InChI is InChI=1S/C13H26N2O2/c1-4-11(3)10-12(15-14)13(17-5-2)6-8-16-9-7-13/h12,15H,3-10,14H2,1-2H3. The zero-order valence-electron chi connectivity index (χ0n) is 11.1. The van der Waals surface area contributed by atoms with E-state index >= 15 is 0 Å². The van der Waals surface area contributed by atoms with Crippen LogP contribution in [0.2, 0.25) is 0 Å². The minimum Gasteiger partial charge on any atom is -0.381 e. The highest BCUT2D eigenvalue weighted by atomic mass is 16.5. The predicted molar refractivity (Wildman–Crippen MR) is 69.6 cm³/mol. The zero-order valence-corrected chi connectivity index (χ0v) is 11.1. The highest BCUT2D eigenvalue weighted by Crippen LogP contribution is 2.31. The monoisotopic (exact) mass is 242 g/mol. The largest absolute Gasteiger partial charge is 0.381 e. The van der Waals surface area contributed by atoms with Crippen molar-refractivity contribution in [3.8, 4) is 0 Å². The van der Waals surface area contributed by atoms with Crippen molar-refractivity contribution >= 4 is 0 Å². The van der Waals surface area contributed by atoms with Gasteiger partial charge in [0.2, 0.25) is 0 Å². The first kappa shape index (κ1) is 14.6. The van der Waals surface area contributed by atoms with E-state index in [9.17, 15) is 0 Å². The van der Waals surface area contributed by atoms with Gasteiger partial charge in [0.05, 0.1) is 11.6 Å². The molecule has 0 aromatic heterocycles. The minimum absolute atomic E-state index is 0.124. The third-order valence-electron chi connectivity index (χ3n) is 3.60. The molecule has 0 radical (unpaired) electrons. The Balaban J connectivity index is 2.74. The molecule has 1 rings (SSSR count). The molecule has 100 valence electrons. The van der Waals surface area contributed by atoms with E-state index in [1.54, 1.807) is 0 Å². The summed E-state index contributed by atoms with van der Waals surface area (Å²) in [6.07, 6.45) is 3.64. The van der Waals surface area contributed by atoms with Crippen LogP contribution in [0.4, 0.5) is 0 Å². The van der Waals surface area contributed by atoms with Gasteiger partial charge in [0.1, 0.15) is 0 Å². The molecule has 3 N–H and O–H groups in total. The third kappa shape index (κ3) is 3.78. The van der Waals surface area contributed by atoms with E-state index < -0.39 is 0 Å². The maximum atomic E-state index is 6.01. The van der Waals surface area contributed by atoms with Crippen LogP contribution in [0.25, 0.3) is 0 Å². The van der Waals surface area contributed by atoms with Gasteiger partial charge in [-0.25, -0.2) is 0 Å². The normalized spacial score (nSPS) is 21.1. The molecule has 1 saturated heterocycles. The number of ether oxygens (including phenoxy) is 2. The lowest BCUT2D eigenvalue weighted by Gasteiger charge is -2.43. The lowest BCUT2D eigenvalue weighted by molar-refractivity contribution is -0.126. The van der Waals surface area contributed by atoms with E-state index in [1.807, 2.05) is 6.92 Å². The summed E-state index contributed by atoms with van der Waals surface area (Å²) in [5.41, 5.74) is 3.93. The van der Waals surface area contributed by atoms with Crippen molar-refractivity contribution in [3.63, 3.8) is 0 Å². The van der Waals surface area contributed by atoms with E-state index in [4.69, 9.17) is 15.3 Å². The summed E-state index contributed by atoms with van der Waals surface area (Å²) >= 11 is 0. The van der Waals surface area contributed by atoms with Gasteiger partial charge < -0.3 is 9.47 Å². The molecule has 1 aliphatic heterocycles. The molecule has 0 aliphatic carbocycles. The summed E-state index contributed by atoms with van der Waals surface area (Å²) in [7, 11) is 0. The van der Waals surface area contributed by atoms with E-state index in [-0.39, 0.29) is 11.6 Å². The second-order valence-corrected chi connectivity index (χ2v) is 4.64. The van der Waals surface area contributed by atoms with E-state index in [1.165, 1.54) is 5.57 Å². The Kier molecular flexibility index (Phi) is 6.12. The Labute approximate surface area is 105 Å². The van der Waals surface area contributed by atoms with E-state index in [2.05, 4.69) is 18.9 Å². The number of rotatable bonds is 7. The average Bonchev–Trinajstić information content (AvgIpc) is 2.37. The Hall–Kier alpha value is -0.420. The fraction of sp³-hybridized carbons (Fsp3) is 0.846. The first-order chi connectivity index (χ1) is 8.18. The van der Waals surface area contributed by atoms with Crippen LogP contribution in [0.15, 0.2) is 12.2 Å². The molecule has 1 atom stereocenters. The van der Waals surface area contributed by atoms with Gasteiger partial charge >= 0.3 is 0 Å². The fourth-order valence-corrected chi connectivity index (χ4v) is 2.43. The Morgan fingerprint density at radius 3 is 2.59 bits per heavy atom. The molecule has 0 bridgehead atoms. The number of nitrogens with one attached hydrogen (secondary N) is 1. The molecule has 0 saturated carbocycles.